The van der Waals surface area contributed by atoms with Crippen LogP contribution in [0.3, 0.4) is 0 Å². The van der Waals surface area contributed by atoms with Crippen LogP contribution in [0.15, 0.2) is 78.2 Å². The van der Waals surface area contributed by atoms with Gasteiger partial charge in [0.25, 0.3) is 11.5 Å². The first-order valence-electron chi connectivity index (χ1n) is 28.3. The molecule has 7 rings (SSSR count). The molecular weight excluding hydrogens is 1180 g/mol. The molecule has 9 atom stereocenters. The summed E-state index contributed by atoms with van der Waals surface area (Å²) in [5.74, 6) is -2.03. The minimum Gasteiger partial charge on any atom is -0.474 e. The number of ether oxygens (including phenoxy) is 7. The fourth-order valence-corrected chi connectivity index (χ4v) is 10.2. The number of nitrogens with zero attached hydrogens (tertiary/aromatic N) is 6. The first kappa shape index (κ1) is 67.6. The Labute approximate surface area is 503 Å². The number of H-pyrrole nitrogens is 1. The Morgan fingerprint density at radius 1 is 0.897 bits per heavy atom. The van der Waals surface area contributed by atoms with Gasteiger partial charge in [-0.05, 0) is 67.3 Å². The lowest BCUT2D eigenvalue weighted by Gasteiger charge is -2.24. The monoisotopic (exact) mass is 1250 g/mol. The van der Waals surface area contributed by atoms with Crippen molar-refractivity contribution in [3.05, 3.63) is 100 Å². The number of benzene rings is 2. The molecule has 0 radical (unpaired) electrons. The van der Waals surface area contributed by atoms with Crippen molar-refractivity contribution in [1.82, 2.24) is 45.0 Å². The van der Waals surface area contributed by atoms with Crippen molar-refractivity contribution in [3.8, 4) is 5.88 Å². The molecule has 3 aromatic heterocycles. The van der Waals surface area contributed by atoms with Crippen LogP contribution in [0.5, 0.6) is 5.88 Å². The molecule has 5 amide bonds. The molecule has 1 saturated heterocycles. The summed E-state index contributed by atoms with van der Waals surface area (Å²) < 4.78 is 69.3. The van der Waals surface area contributed by atoms with Gasteiger partial charge < -0.3 is 78.2 Å². The van der Waals surface area contributed by atoms with Gasteiger partial charge >= 0.3 is 14.3 Å². The van der Waals surface area contributed by atoms with Crippen molar-refractivity contribution in [2.75, 3.05) is 90.3 Å². The highest BCUT2D eigenvalue weighted by Gasteiger charge is 2.40. The number of hydrogen-bond acceptors (Lipinski definition) is 22. The van der Waals surface area contributed by atoms with Gasteiger partial charge in [-0.2, -0.15) is 4.98 Å². The second-order valence-electron chi connectivity index (χ2n) is 20.6. The highest BCUT2D eigenvalue weighted by atomic mass is 31.1. The molecule has 3 unspecified atom stereocenters. The molecule has 0 bridgehead atoms. The highest BCUT2D eigenvalue weighted by Crippen LogP contribution is 2.39. The van der Waals surface area contributed by atoms with Crippen LogP contribution in [0.1, 0.15) is 74.2 Å². The average molecular weight is 1260 g/mol. The summed E-state index contributed by atoms with van der Waals surface area (Å²) >= 11 is 0. The zero-order valence-electron chi connectivity index (χ0n) is 48.7. The molecule has 8 N–H and O–H groups in total. The van der Waals surface area contributed by atoms with Gasteiger partial charge in [0, 0.05) is 50.1 Å². The minimum atomic E-state index is -3.27. The normalized spacial score (nSPS) is 18.6. The van der Waals surface area contributed by atoms with E-state index in [1.807, 2.05) is 0 Å². The molecular formula is C55H76N12O18P2. The van der Waals surface area contributed by atoms with Crippen molar-refractivity contribution < 1.29 is 80.2 Å². The molecule has 2 fully saturated rings. The summed E-state index contributed by atoms with van der Waals surface area (Å²) in [6.07, 6.45) is 4.10. The fraction of sp³-hybridized carbons (Fsp3) is 0.527. The van der Waals surface area contributed by atoms with Crippen LogP contribution in [0.4, 0.5) is 16.4 Å². The van der Waals surface area contributed by atoms with Gasteiger partial charge in [-0.15, -0.1) is 0 Å². The maximum Gasteiger partial charge on any atom is 0.410 e. The number of rotatable bonds is 36. The van der Waals surface area contributed by atoms with E-state index in [9.17, 15) is 38.2 Å². The molecule has 4 heterocycles. The van der Waals surface area contributed by atoms with E-state index in [0.717, 1.165) is 19.3 Å². The summed E-state index contributed by atoms with van der Waals surface area (Å²) in [5.41, 5.74) is 6.28. The van der Waals surface area contributed by atoms with E-state index in [2.05, 4.69) is 46.2 Å². The topological polar surface area (TPSA) is 382 Å². The molecule has 0 spiro atoms. The standard InChI is InChI=1S/C55H76N12O18P2/c1-34(2)46(62-44(68)31-79-24-23-78-22-21-77-20-19-76-18-16-56)51(71)60-35(3)49(69)61-39-12-9-36(10-13-39)28-80-55(73)66(4)27-38-7-5-6-8-42(38)50(70)64-54-63-48-47(52(72)65-54)59-33-67(48)53-43(26-41(84-53)30-82-87(74)75)85-86-81-29-37-11-14-40(25-37)83-45-15-17-57-32-58-45/h5-10,12-13,15,17,32-35,37,40-41,43,46,53,86-87H,11,14,16,18-31,56H2,1-4H3,(H,60,71)(H,61,69)(H,62,68)(H,74,75)(H2,63,64,65,70,72)/t35-,37?,40-,41-,43+,46-,53+/m0/s1. The quantitative estimate of drug-likeness (QED) is 0.0223. The number of nitrogens with one attached hydrogen (secondary N) is 5. The Kier molecular flexibility index (Phi) is 27.3. The van der Waals surface area contributed by atoms with Crippen molar-refractivity contribution in [1.29, 1.82) is 0 Å². The molecule has 2 aliphatic rings. The van der Waals surface area contributed by atoms with Crippen LogP contribution in [0, 0.1) is 11.8 Å². The third-order valence-electron chi connectivity index (χ3n) is 13.6. The number of carbonyl (C=O) groups excluding carboxylic acids is 5. The lowest BCUT2D eigenvalue weighted by molar-refractivity contribution is -0.133. The van der Waals surface area contributed by atoms with Crippen LogP contribution in [-0.2, 0) is 74.1 Å². The summed E-state index contributed by atoms with van der Waals surface area (Å²) in [6.45, 7) is 7.64. The Balaban J connectivity index is 0.851. The van der Waals surface area contributed by atoms with E-state index < -0.39 is 83.1 Å². The number of aromatic nitrogens is 6. The van der Waals surface area contributed by atoms with Gasteiger partial charge in [-0.3, -0.25) is 43.4 Å². The predicted octanol–water partition coefficient (Wildman–Crippen LogP) is 3.38. The van der Waals surface area contributed by atoms with Crippen molar-refractivity contribution in [2.24, 2.45) is 17.6 Å². The van der Waals surface area contributed by atoms with Crippen molar-refractivity contribution >= 4 is 69.8 Å². The minimum absolute atomic E-state index is 0.00530. The van der Waals surface area contributed by atoms with E-state index in [4.69, 9.17) is 52.5 Å². The molecule has 474 valence electrons. The molecule has 1 saturated carbocycles. The van der Waals surface area contributed by atoms with E-state index in [-0.39, 0.29) is 86.6 Å². The molecule has 30 nitrogen and oxygen atoms in total. The molecule has 32 heteroatoms. The van der Waals surface area contributed by atoms with Crippen LogP contribution >= 0.6 is 17.3 Å². The van der Waals surface area contributed by atoms with E-state index in [0.29, 0.717) is 68.9 Å². The van der Waals surface area contributed by atoms with Crippen LogP contribution in [0.25, 0.3) is 11.2 Å². The number of nitrogens with two attached hydrogens (primary N) is 1. The number of fused-ring (bicyclic) bond motifs is 1. The zero-order valence-corrected chi connectivity index (χ0v) is 50.7. The molecule has 87 heavy (non-hydrogen) atoms. The molecule has 2 aromatic carbocycles. The highest BCUT2D eigenvalue weighted by molar-refractivity contribution is 7.32. The van der Waals surface area contributed by atoms with Crippen molar-refractivity contribution in [2.45, 2.75) is 96.2 Å². The van der Waals surface area contributed by atoms with Crippen LogP contribution in [0.2, 0.25) is 0 Å². The Hall–Kier alpha value is -6.92. The van der Waals surface area contributed by atoms with E-state index in [1.54, 1.807) is 74.6 Å². The van der Waals surface area contributed by atoms with E-state index in [1.165, 1.54) is 36.1 Å². The third-order valence-corrected chi connectivity index (χ3v) is 14.7. The second kappa shape index (κ2) is 35.2. The van der Waals surface area contributed by atoms with Gasteiger partial charge in [0.2, 0.25) is 29.5 Å². The fourth-order valence-electron chi connectivity index (χ4n) is 9.16. The Bertz CT molecular complexity index is 3090. The van der Waals surface area contributed by atoms with Gasteiger partial charge in [0.1, 0.15) is 43.8 Å². The number of imidazole rings is 1. The van der Waals surface area contributed by atoms with Crippen molar-refractivity contribution in [3.63, 3.8) is 0 Å². The number of carbonyl (C=O) groups is 5. The lowest BCUT2D eigenvalue weighted by atomic mass is 10.0. The zero-order chi connectivity index (χ0) is 62.1. The van der Waals surface area contributed by atoms with Gasteiger partial charge in [0.15, 0.2) is 26.4 Å². The lowest BCUT2D eigenvalue weighted by Crippen LogP contribution is -2.54. The third kappa shape index (κ3) is 21.7. The maximum absolute atomic E-state index is 13.9. The first-order chi connectivity index (χ1) is 42.0. The average Bonchev–Trinajstić information content (AvgIpc) is 1.81. The number of anilines is 2. The number of amides is 5. The van der Waals surface area contributed by atoms with Crippen LogP contribution < -0.4 is 37.3 Å². The van der Waals surface area contributed by atoms with Gasteiger partial charge in [0.05, 0.1) is 71.9 Å². The van der Waals surface area contributed by atoms with E-state index >= 15 is 0 Å². The summed E-state index contributed by atoms with van der Waals surface area (Å²) in [6, 6.07) is 12.8. The molecule has 1 aliphatic carbocycles. The second-order valence-corrected chi connectivity index (χ2v) is 22.1. The van der Waals surface area contributed by atoms with Gasteiger partial charge in [-0.1, -0.05) is 44.2 Å². The summed E-state index contributed by atoms with van der Waals surface area (Å²) in [5, 5.41) is 10.7. The predicted molar refractivity (Wildman–Crippen MR) is 315 cm³/mol. The SMILES string of the molecule is CC(C)[C@H](NC(=O)COCCOCCOCCOCCN)C(=O)N[C@@H](C)C(=O)Nc1ccc(COC(=O)N(C)Cc2ccccc2C(=O)Nc2nc3c(ncn3[C@@H]3O[C@H](CO[PH](=O)O)C[C@H]3OPOCC3CC[C@H](Oc4ccncn4)C3)c(=O)[nH]2)cc1. The first-order valence-corrected chi connectivity index (χ1v) is 30.3. The summed E-state index contributed by atoms with van der Waals surface area (Å²) in [4.78, 5) is 110. The Morgan fingerprint density at radius 3 is 2.34 bits per heavy atom. The smallest absolute Gasteiger partial charge is 0.410 e. The molecule has 5 aromatic rings. The number of aromatic amines is 1. The van der Waals surface area contributed by atoms with Gasteiger partial charge in [-0.25, -0.2) is 19.7 Å². The largest absolute Gasteiger partial charge is 0.474 e. The molecule has 1 aliphatic heterocycles. The maximum atomic E-state index is 13.9. The number of hydrogen-bond donors (Lipinski definition) is 7. The Morgan fingerprint density at radius 2 is 1.63 bits per heavy atom. The van der Waals surface area contributed by atoms with Crippen LogP contribution in [-0.4, -0.2) is 179 Å². The summed E-state index contributed by atoms with van der Waals surface area (Å²) in [7, 11) is -2.19.